The summed E-state index contributed by atoms with van der Waals surface area (Å²) in [7, 11) is 1.60. The summed E-state index contributed by atoms with van der Waals surface area (Å²) in [5.41, 5.74) is 9.06. The predicted molar refractivity (Wildman–Crippen MR) is 164 cm³/mol. The zero-order chi connectivity index (χ0) is 30.6. The van der Waals surface area contributed by atoms with Gasteiger partial charge in [-0.05, 0) is 55.0 Å². The number of methoxy groups -OCH3 is 1. The van der Waals surface area contributed by atoms with Crippen LogP contribution in [0.4, 0.5) is 18.9 Å². The summed E-state index contributed by atoms with van der Waals surface area (Å²) in [6.45, 7) is 2.30. The van der Waals surface area contributed by atoms with Crippen LogP contribution in [-0.4, -0.2) is 43.8 Å². The third-order valence-electron chi connectivity index (χ3n) is 6.51. The predicted octanol–water partition coefficient (Wildman–Crippen LogP) is 5.68. The molecule has 0 aliphatic carbocycles. The van der Waals surface area contributed by atoms with Gasteiger partial charge < -0.3 is 4.74 Å². The third-order valence-corrected chi connectivity index (χ3v) is 7.63. The van der Waals surface area contributed by atoms with Crippen LogP contribution in [0.15, 0.2) is 84.1 Å². The number of carbonyl (C=O) groups is 1. The van der Waals surface area contributed by atoms with Gasteiger partial charge in [0.25, 0.3) is 0 Å². The van der Waals surface area contributed by atoms with Crippen LogP contribution < -0.4 is 15.8 Å². The number of nitrogens with one attached hydrogen (secondary N) is 2. The first kappa shape index (κ1) is 30.4. The van der Waals surface area contributed by atoms with Crippen molar-refractivity contribution < 1.29 is 22.7 Å². The molecular formula is C29H26F3N7O2S2. The van der Waals surface area contributed by atoms with Crippen molar-refractivity contribution in [2.24, 2.45) is 4.99 Å². The van der Waals surface area contributed by atoms with E-state index in [4.69, 9.17) is 17.0 Å². The van der Waals surface area contributed by atoms with Gasteiger partial charge in [-0.1, -0.05) is 54.2 Å². The lowest BCUT2D eigenvalue weighted by atomic mass is 10.1. The minimum atomic E-state index is -4.40. The van der Waals surface area contributed by atoms with E-state index >= 15 is 0 Å². The van der Waals surface area contributed by atoms with Crippen LogP contribution in [0.25, 0.3) is 17.1 Å². The topological polar surface area (TPSA) is 96.7 Å². The Morgan fingerprint density at radius 2 is 1.84 bits per heavy atom. The molecule has 1 fully saturated rings. The minimum absolute atomic E-state index is 0.0878. The number of para-hydroxylation sites is 1. The monoisotopic (exact) mass is 625 g/mol. The molecule has 0 spiro atoms. The van der Waals surface area contributed by atoms with Crippen LogP contribution in [-0.2, 0) is 22.3 Å². The van der Waals surface area contributed by atoms with Crippen molar-refractivity contribution in [2.75, 3.05) is 17.8 Å². The summed E-state index contributed by atoms with van der Waals surface area (Å²) in [6.07, 6.45) is -2.95. The number of halogens is 3. The maximum absolute atomic E-state index is 12.9. The fourth-order valence-electron chi connectivity index (χ4n) is 4.30. The standard InChI is InChI=1S/C29H26F3N7O2S2/c1-18(35-36-27(42)34-28-39(25(40)16-43-28)24-6-4-3-5-21(24)15-41-2)19-7-9-20(10-8-19)26-33-17-38(37-26)23-13-11-22(12-14-23)29(30,31)32/h3-14,17-18,35H,15-16H2,1-2H3,(H,36,42). The highest BCUT2D eigenvalue weighted by molar-refractivity contribution is 8.15. The quantitative estimate of drug-likeness (QED) is 0.191. The molecule has 222 valence electrons. The lowest BCUT2D eigenvalue weighted by Crippen LogP contribution is -2.38. The van der Waals surface area contributed by atoms with Crippen molar-refractivity contribution >= 4 is 45.9 Å². The number of hydrogen-bond donors (Lipinski definition) is 2. The Balaban J connectivity index is 1.20. The Morgan fingerprint density at radius 3 is 2.53 bits per heavy atom. The number of thioether (sulfide) groups is 1. The third kappa shape index (κ3) is 7.10. The number of aliphatic imine (C=N–C) groups is 1. The highest BCUT2D eigenvalue weighted by Gasteiger charge is 2.32. The lowest BCUT2D eigenvalue weighted by molar-refractivity contribution is -0.137. The van der Waals surface area contributed by atoms with Gasteiger partial charge in [0.2, 0.25) is 11.0 Å². The van der Waals surface area contributed by atoms with E-state index in [1.165, 1.54) is 34.9 Å². The summed E-state index contributed by atoms with van der Waals surface area (Å²) in [6, 6.07) is 19.6. The molecule has 0 saturated carbocycles. The number of hydrogen-bond acceptors (Lipinski definition) is 7. The van der Waals surface area contributed by atoms with E-state index in [0.717, 1.165) is 28.8 Å². The first-order valence-corrected chi connectivity index (χ1v) is 14.4. The molecule has 3 aromatic carbocycles. The fraction of sp³-hybridized carbons (Fsp3) is 0.207. The van der Waals surface area contributed by atoms with Gasteiger partial charge >= 0.3 is 6.18 Å². The van der Waals surface area contributed by atoms with Crippen LogP contribution in [0, 0.1) is 0 Å². The van der Waals surface area contributed by atoms with E-state index in [-0.39, 0.29) is 22.8 Å². The molecule has 43 heavy (non-hydrogen) atoms. The minimum Gasteiger partial charge on any atom is -0.380 e. The van der Waals surface area contributed by atoms with Crippen molar-refractivity contribution in [1.29, 1.82) is 0 Å². The SMILES string of the molecule is COCc1ccccc1N1C(=O)CSC1=NC(=S)NNC(C)c1ccc(-c2ncn(-c3ccc(C(F)(F)F)cc3)n2)cc1. The van der Waals surface area contributed by atoms with Gasteiger partial charge in [0.05, 0.1) is 29.3 Å². The van der Waals surface area contributed by atoms with Gasteiger partial charge in [-0.25, -0.2) is 15.1 Å². The molecule has 2 N–H and O–H groups in total. The molecule has 2 heterocycles. The number of anilines is 1. The number of aromatic nitrogens is 3. The summed E-state index contributed by atoms with van der Waals surface area (Å²) in [5.74, 6) is 0.605. The van der Waals surface area contributed by atoms with E-state index < -0.39 is 11.7 Å². The molecule has 0 bridgehead atoms. The number of carbonyl (C=O) groups excluding carboxylic acids is 1. The number of rotatable bonds is 8. The van der Waals surface area contributed by atoms with Crippen LogP contribution >= 0.6 is 24.0 Å². The fourth-order valence-corrected chi connectivity index (χ4v) is 5.37. The van der Waals surface area contributed by atoms with Gasteiger partial charge in [-0.3, -0.25) is 15.1 Å². The van der Waals surface area contributed by atoms with E-state index in [2.05, 4.69) is 25.9 Å². The molecule has 1 atom stereocenters. The van der Waals surface area contributed by atoms with E-state index in [0.29, 0.717) is 29.0 Å². The smallest absolute Gasteiger partial charge is 0.380 e. The summed E-state index contributed by atoms with van der Waals surface area (Å²) in [4.78, 5) is 23.0. The van der Waals surface area contributed by atoms with Crippen molar-refractivity contribution in [2.45, 2.75) is 25.7 Å². The molecule has 4 aromatic rings. The number of alkyl halides is 3. The number of amidine groups is 1. The maximum atomic E-state index is 12.9. The highest BCUT2D eigenvalue weighted by Crippen LogP contribution is 2.31. The van der Waals surface area contributed by atoms with E-state index in [1.807, 2.05) is 55.5 Å². The number of thiocarbonyl (C=S) groups is 1. The number of amides is 1. The maximum Gasteiger partial charge on any atom is 0.416 e. The Bertz CT molecular complexity index is 1640. The molecule has 0 radical (unpaired) electrons. The Hall–Kier alpha value is -4.11. The first-order chi connectivity index (χ1) is 20.6. The van der Waals surface area contributed by atoms with Gasteiger partial charge in [-0.15, -0.1) is 5.10 Å². The Labute approximate surface area is 255 Å². The molecule has 1 saturated heterocycles. The van der Waals surface area contributed by atoms with Gasteiger partial charge in [0.15, 0.2) is 11.0 Å². The van der Waals surface area contributed by atoms with Crippen molar-refractivity contribution in [3.63, 3.8) is 0 Å². The molecule has 1 aromatic heterocycles. The van der Waals surface area contributed by atoms with Crippen LogP contribution in [0.2, 0.25) is 0 Å². The van der Waals surface area contributed by atoms with Crippen molar-refractivity contribution in [3.8, 4) is 17.1 Å². The number of ether oxygens (including phenoxy) is 1. The summed E-state index contributed by atoms with van der Waals surface area (Å²) < 4.78 is 45.3. The normalized spacial score (nSPS) is 15.2. The average molecular weight is 626 g/mol. The zero-order valence-electron chi connectivity index (χ0n) is 23.0. The molecule has 1 amide bonds. The summed E-state index contributed by atoms with van der Waals surface area (Å²) >= 11 is 6.74. The molecule has 1 aliphatic heterocycles. The van der Waals surface area contributed by atoms with E-state index in [9.17, 15) is 18.0 Å². The van der Waals surface area contributed by atoms with Crippen LogP contribution in [0.3, 0.4) is 0 Å². The Kier molecular flexibility index (Phi) is 9.20. The van der Waals surface area contributed by atoms with Gasteiger partial charge in [0, 0.05) is 24.3 Å². The van der Waals surface area contributed by atoms with Crippen LogP contribution in [0.5, 0.6) is 0 Å². The van der Waals surface area contributed by atoms with Crippen molar-refractivity contribution in [1.82, 2.24) is 25.6 Å². The summed E-state index contributed by atoms with van der Waals surface area (Å²) in [5, 5.41) is 5.06. The Morgan fingerprint density at radius 1 is 1.12 bits per heavy atom. The van der Waals surface area contributed by atoms with Crippen LogP contribution in [0.1, 0.15) is 29.7 Å². The molecule has 5 rings (SSSR count). The largest absolute Gasteiger partial charge is 0.416 e. The van der Waals surface area contributed by atoms with E-state index in [1.54, 1.807) is 12.0 Å². The molecule has 1 aliphatic rings. The molecule has 1 unspecified atom stereocenters. The number of nitrogens with zero attached hydrogens (tertiary/aromatic N) is 5. The molecular weight excluding hydrogens is 599 g/mol. The van der Waals surface area contributed by atoms with Gasteiger partial charge in [-0.2, -0.15) is 18.2 Å². The second kappa shape index (κ2) is 13.0. The second-order valence-electron chi connectivity index (χ2n) is 9.45. The van der Waals surface area contributed by atoms with Crippen molar-refractivity contribution in [3.05, 3.63) is 95.8 Å². The lowest BCUT2D eigenvalue weighted by Gasteiger charge is -2.20. The number of hydrazine groups is 1. The highest BCUT2D eigenvalue weighted by atomic mass is 32.2. The first-order valence-electron chi connectivity index (χ1n) is 13.0. The molecule has 9 nitrogen and oxygen atoms in total. The van der Waals surface area contributed by atoms with Gasteiger partial charge in [0.1, 0.15) is 6.33 Å². The second-order valence-corrected chi connectivity index (χ2v) is 10.8. The molecule has 14 heteroatoms. The number of benzene rings is 3. The average Bonchev–Trinajstić information content (AvgIpc) is 3.63. The zero-order valence-corrected chi connectivity index (χ0v) is 24.6.